The molecule has 1 rings (SSSR count). The van der Waals surface area contributed by atoms with Crippen LogP contribution in [0.5, 0.6) is 0 Å². The van der Waals surface area contributed by atoms with Crippen LogP contribution in [0.25, 0.3) is 0 Å². The van der Waals surface area contributed by atoms with Gasteiger partial charge in [-0.25, -0.2) is 8.78 Å². The van der Waals surface area contributed by atoms with E-state index < -0.39 is 17.5 Å². The molecule has 104 valence electrons. The number of carbonyl (C=O) groups is 2. The number of amides is 2. The molecule has 0 aromatic heterocycles. The number of rotatable bonds is 5. The smallest absolute Gasteiger partial charge is 0.225 e. The summed E-state index contributed by atoms with van der Waals surface area (Å²) in [5.41, 5.74) is 0.0411. The molecule has 0 spiro atoms. The summed E-state index contributed by atoms with van der Waals surface area (Å²) >= 11 is 0. The van der Waals surface area contributed by atoms with Gasteiger partial charge in [-0.05, 0) is 7.05 Å². The first-order chi connectivity index (χ1) is 8.93. The third-order valence-electron chi connectivity index (χ3n) is 2.25. The first-order valence-corrected chi connectivity index (χ1v) is 5.65. The van der Waals surface area contributed by atoms with Gasteiger partial charge in [0.25, 0.3) is 0 Å². The summed E-state index contributed by atoms with van der Waals surface area (Å²) in [7, 11) is 1.69. The Morgan fingerprint density at radius 3 is 2.11 bits per heavy atom. The normalized spacial score (nSPS) is 10.1. The van der Waals surface area contributed by atoms with Crippen molar-refractivity contribution in [3.05, 3.63) is 23.8 Å². The average Bonchev–Trinajstić information content (AvgIpc) is 2.32. The highest BCUT2D eigenvalue weighted by Gasteiger charge is 2.13. The van der Waals surface area contributed by atoms with Gasteiger partial charge in [-0.15, -0.1) is 0 Å². The van der Waals surface area contributed by atoms with Crippen LogP contribution < -0.4 is 16.0 Å². The highest BCUT2D eigenvalue weighted by Crippen LogP contribution is 2.25. The lowest BCUT2D eigenvalue weighted by Crippen LogP contribution is -2.20. The van der Waals surface area contributed by atoms with E-state index in [1.54, 1.807) is 7.05 Å². The minimum Gasteiger partial charge on any atom is -0.324 e. The van der Waals surface area contributed by atoms with Crippen molar-refractivity contribution in [1.82, 2.24) is 5.32 Å². The Balaban J connectivity index is 2.93. The van der Waals surface area contributed by atoms with E-state index in [1.807, 2.05) is 0 Å². The monoisotopic (exact) mass is 271 g/mol. The van der Waals surface area contributed by atoms with E-state index in [-0.39, 0.29) is 23.7 Å². The predicted octanol–water partition coefficient (Wildman–Crippen LogP) is 1.47. The number of anilines is 2. The topological polar surface area (TPSA) is 70.2 Å². The summed E-state index contributed by atoms with van der Waals surface area (Å²) in [4.78, 5) is 22.5. The van der Waals surface area contributed by atoms with Gasteiger partial charge in [0.2, 0.25) is 11.8 Å². The minimum atomic E-state index is -1.10. The molecule has 2 amide bonds. The van der Waals surface area contributed by atoms with E-state index in [4.69, 9.17) is 0 Å². The molecule has 7 heteroatoms. The van der Waals surface area contributed by atoms with Crippen LogP contribution in [0, 0.1) is 11.6 Å². The largest absolute Gasteiger partial charge is 0.324 e. The van der Waals surface area contributed by atoms with Crippen LogP contribution in [0.4, 0.5) is 20.2 Å². The van der Waals surface area contributed by atoms with E-state index in [2.05, 4.69) is 16.0 Å². The van der Waals surface area contributed by atoms with Crippen LogP contribution in [0.15, 0.2) is 12.1 Å². The lowest BCUT2D eigenvalue weighted by Gasteiger charge is -2.12. The zero-order valence-corrected chi connectivity index (χ0v) is 10.6. The second-order valence-corrected chi connectivity index (χ2v) is 3.89. The maximum Gasteiger partial charge on any atom is 0.225 e. The van der Waals surface area contributed by atoms with Crippen molar-refractivity contribution in [2.24, 2.45) is 0 Å². The van der Waals surface area contributed by atoms with Crippen LogP contribution in [0.2, 0.25) is 0 Å². The van der Waals surface area contributed by atoms with E-state index in [0.29, 0.717) is 6.54 Å². The Morgan fingerprint density at radius 2 is 1.63 bits per heavy atom. The summed E-state index contributed by atoms with van der Waals surface area (Å²) in [6, 6.07) is 1.66. The molecule has 1 aromatic rings. The Bertz CT molecular complexity index is 492. The molecule has 0 saturated heterocycles. The molecular formula is C12H15F2N3O2. The van der Waals surface area contributed by atoms with Crippen molar-refractivity contribution in [2.45, 2.75) is 13.3 Å². The zero-order valence-electron chi connectivity index (χ0n) is 10.6. The maximum absolute atomic E-state index is 13.1. The van der Waals surface area contributed by atoms with Gasteiger partial charge in [-0.2, -0.15) is 0 Å². The Labute approximate surface area is 109 Å². The summed E-state index contributed by atoms with van der Waals surface area (Å²) in [5, 5.41) is 7.53. The van der Waals surface area contributed by atoms with Crippen LogP contribution >= 0.6 is 0 Å². The Kier molecular flexibility index (Phi) is 5.37. The number of carbonyl (C=O) groups excluding carboxylic acids is 2. The van der Waals surface area contributed by atoms with Crippen molar-refractivity contribution in [1.29, 1.82) is 0 Å². The van der Waals surface area contributed by atoms with Crippen LogP contribution in [0.1, 0.15) is 13.3 Å². The molecule has 5 nitrogen and oxygen atoms in total. The number of hydrogen-bond donors (Lipinski definition) is 3. The number of hydrogen-bond acceptors (Lipinski definition) is 3. The molecule has 0 unspecified atom stereocenters. The quantitative estimate of drug-likeness (QED) is 0.759. The van der Waals surface area contributed by atoms with Gasteiger partial charge < -0.3 is 16.0 Å². The van der Waals surface area contributed by atoms with E-state index >= 15 is 0 Å². The molecule has 0 radical (unpaired) electrons. The summed E-state index contributed by atoms with van der Waals surface area (Å²) in [6.45, 7) is 1.68. The average molecular weight is 271 g/mol. The summed E-state index contributed by atoms with van der Waals surface area (Å²) < 4.78 is 26.2. The van der Waals surface area contributed by atoms with Crippen molar-refractivity contribution in [3.8, 4) is 0 Å². The number of halogens is 2. The molecule has 0 heterocycles. The predicted molar refractivity (Wildman–Crippen MR) is 67.8 cm³/mol. The number of nitrogens with one attached hydrogen (secondary N) is 3. The summed E-state index contributed by atoms with van der Waals surface area (Å²) in [6.07, 6.45) is 0.176. The van der Waals surface area contributed by atoms with E-state index in [1.165, 1.54) is 6.92 Å². The third-order valence-corrected chi connectivity index (χ3v) is 2.25. The zero-order chi connectivity index (χ0) is 14.4. The maximum atomic E-state index is 13.1. The van der Waals surface area contributed by atoms with Crippen LogP contribution in [-0.2, 0) is 9.59 Å². The van der Waals surface area contributed by atoms with Gasteiger partial charge in [-0.3, -0.25) is 9.59 Å². The molecule has 0 bridgehead atoms. The van der Waals surface area contributed by atoms with Crippen molar-refractivity contribution in [3.63, 3.8) is 0 Å². The molecule has 0 aliphatic heterocycles. The van der Waals surface area contributed by atoms with Crippen molar-refractivity contribution >= 4 is 23.2 Å². The highest BCUT2D eigenvalue weighted by molar-refractivity contribution is 5.98. The highest BCUT2D eigenvalue weighted by atomic mass is 19.2. The van der Waals surface area contributed by atoms with Crippen LogP contribution in [0.3, 0.4) is 0 Å². The lowest BCUT2D eigenvalue weighted by molar-refractivity contribution is -0.116. The van der Waals surface area contributed by atoms with Gasteiger partial charge in [0, 0.05) is 32.0 Å². The van der Waals surface area contributed by atoms with Crippen molar-refractivity contribution in [2.75, 3.05) is 24.2 Å². The molecule has 0 fully saturated rings. The fraction of sp³-hybridized carbons (Fsp3) is 0.333. The first kappa shape index (κ1) is 15.0. The first-order valence-electron chi connectivity index (χ1n) is 5.65. The molecule has 0 aliphatic carbocycles. The summed E-state index contributed by atoms with van der Waals surface area (Å²) in [5.74, 6) is -3.02. The van der Waals surface area contributed by atoms with Crippen LogP contribution in [-0.4, -0.2) is 25.4 Å². The number of benzene rings is 1. The standard InChI is InChI=1S/C12H15F2N3O2/c1-7(18)16-10-5-8(13)9(14)6-11(10)17-12(19)3-4-15-2/h5-6,15H,3-4H2,1-2H3,(H,16,18)(H,17,19). The molecule has 3 N–H and O–H groups in total. The molecule has 19 heavy (non-hydrogen) atoms. The van der Waals surface area contributed by atoms with Gasteiger partial charge in [0.05, 0.1) is 11.4 Å². The minimum absolute atomic E-state index is 0.0178. The lowest BCUT2D eigenvalue weighted by atomic mass is 10.2. The molecule has 0 aliphatic rings. The molecule has 0 atom stereocenters. The fourth-order valence-corrected chi connectivity index (χ4v) is 1.39. The second kappa shape index (κ2) is 6.79. The Hall–Kier alpha value is -2.02. The molecular weight excluding hydrogens is 256 g/mol. The molecule has 0 saturated carbocycles. The van der Waals surface area contributed by atoms with E-state index in [9.17, 15) is 18.4 Å². The van der Waals surface area contributed by atoms with Gasteiger partial charge >= 0.3 is 0 Å². The second-order valence-electron chi connectivity index (χ2n) is 3.89. The molecule has 1 aromatic carbocycles. The van der Waals surface area contributed by atoms with E-state index in [0.717, 1.165) is 12.1 Å². The Morgan fingerprint density at radius 1 is 1.11 bits per heavy atom. The fourth-order valence-electron chi connectivity index (χ4n) is 1.39. The van der Waals surface area contributed by atoms with Gasteiger partial charge in [0.15, 0.2) is 11.6 Å². The van der Waals surface area contributed by atoms with Crippen molar-refractivity contribution < 1.29 is 18.4 Å². The third kappa shape index (κ3) is 4.63. The van der Waals surface area contributed by atoms with Gasteiger partial charge in [-0.1, -0.05) is 0 Å². The van der Waals surface area contributed by atoms with Gasteiger partial charge in [0.1, 0.15) is 0 Å². The SMILES string of the molecule is CNCCC(=O)Nc1cc(F)c(F)cc1NC(C)=O.